The number of nitrogens with zero attached hydrogens (tertiary/aromatic N) is 1. The smallest absolute Gasteiger partial charge is 0.0375 e. The third kappa shape index (κ3) is 6.20. The van der Waals surface area contributed by atoms with Crippen LogP contribution >= 0.6 is 0 Å². The van der Waals surface area contributed by atoms with Crippen LogP contribution in [0.4, 0.5) is 5.69 Å². The normalized spacial score (nSPS) is 23.9. The van der Waals surface area contributed by atoms with Crippen LogP contribution in [0.1, 0.15) is 51.2 Å². The molecule has 0 aromatic heterocycles. The first-order valence-corrected chi connectivity index (χ1v) is 11.4. The summed E-state index contributed by atoms with van der Waals surface area (Å²) in [5, 5.41) is 7.56. The van der Waals surface area contributed by atoms with Crippen LogP contribution in [0, 0.1) is 11.8 Å². The third-order valence-corrected chi connectivity index (χ3v) is 6.42. The molecule has 0 saturated carbocycles. The molecule has 0 spiro atoms. The van der Waals surface area contributed by atoms with Crippen molar-refractivity contribution in [3.63, 3.8) is 0 Å². The zero-order valence-electron chi connectivity index (χ0n) is 19.2. The Morgan fingerprint density at radius 2 is 1.97 bits per heavy atom. The molecule has 3 heteroatoms. The first-order valence-electron chi connectivity index (χ1n) is 11.4. The SMILES string of the molecule is CN(C)CCNCCC[C@@H]1Cc2cc(C(C)(C)C)ccc2N[C@H]1C1C=CC=CC1. The molecule has 2 aliphatic rings. The minimum Gasteiger partial charge on any atom is -0.381 e. The molecule has 1 aliphatic heterocycles. The molecule has 1 aliphatic carbocycles. The molecule has 0 amide bonds. The third-order valence-electron chi connectivity index (χ3n) is 6.42. The van der Waals surface area contributed by atoms with Crippen LogP contribution in [0.25, 0.3) is 0 Å². The van der Waals surface area contributed by atoms with Gasteiger partial charge in [0.25, 0.3) is 0 Å². The van der Waals surface area contributed by atoms with Crippen molar-refractivity contribution < 1.29 is 0 Å². The van der Waals surface area contributed by atoms with Crippen LogP contribution < -0.4 is 10.6 Å². The number of likely N-dealkylation sites (N-methyl/N-ethyl adjacent to an activating group) is 1. The zero-order chi connectivity index (χ0) is 20.9. The Bertz CT molecular complexity index is 711. The molecule has 29 heavy (non-hydrogen) atoms. The van der Waals surface area contributed by atoms with Gasteiger partial charge in [-0.25, -0.2) is 0 Å². The van der Waals surface area contributed by atoms with E-state index < -0.39 is 0 Å². The van der Waals surface area contributed by atoms with Gasteiger partial charge in [-0.05, 0) is 74.8 Å². The number of benzene rings is 1. The van der Waals surface area contributed by atoms with Crippen molar-refractivity contribution in [3.8, 4) is 0 Å². The fraction of sp³-hybridized carbons (Fsp3) is 0.615. The molecule has 0 saturated heterocycles. The Morgan fingerprint density at radius 3 is 2.66 bits per heavy atom. The number of rotatable bonds is 8. The average molecular weight is 396 g/mol. The largest absolute Gasteiger partial charge is 0.381 e. The summed E-state index contributed by atoms with van der Waals surface area (Å²) < 4.78 is 0. The Labute approximate surface area is 178 Å². The van der Waals surface area contributed by atoms with Crippen LogP contribution in [0.15, 0.2) is 42.5 Å². The summed E-state index contributed by atoms with van der Waals surface area (Å²) in [6, 6.07) is 7.63. The van der Waals surface area contributed by atoms with Crippen molar-refractivity contribution in [2.24, 2.45) is 11.8 Å². The lowest BCUT2D eigenvalue weighted by Crippen LogP contribution is -2.41. The maximum absolute atomic E-state index is 3.95. The summed E-state index contributed by atoms with van der Waals surface area (Å²) in [4.78, 5) is 2.24. The highest BCUT2D eigenvalue weighted by Crippen LogP contribution is 2.38. The number of allylic oxidation sites excluding steroid dienone is 3. The highest BCUT2D eigenvalue weighted by molar-refractivity contribution is 5.57. The van der Waals surface area contributed by atoms with Crippen molar-refractivity contribution in [2.75, 3.05) is 39.0 Å². The van der Waals surface area contributed by atoms with Gasteiger partial charge in [-0.1, -0.05) is 57.2 Å². The quantitative estimate of drug-likeness (QED) is 0.607. The highest BCUT2D eigenvalue weighted by atomic mass is 15.1. The molecule has 3 nitrogen and oxygen atoms in total. The fourth-order valence-corrected chi connectivity index (χ4v) is 4.60. The topological polar surface area (TPSA) is 27.3 Å². The fourth-order valence-electron chi connectivity index (χ4n) is 4.60. The predicted molar refractivity (Wildman–Crippen MR) is 127 cm³/mol. The molecule has 3 rings (SSSR count). The molecule has 0 radical (unpaired) electrons. The maximum Gasteiger partial charge on any atom is 0.0375 e. The molecule has 3 atom stereocenters. The van der Waals surface area contributed by atoms with Crippen molar-refractivity contribution >= 4 is 5.69 Å². The Balaban J connectivity index is 1.67. The lowest BCUT2D eigenvalue weighted by molar-refractivity contribution is 0.327. The summed E-state index contributed by atoms with van der Waals surface area (Å²) in [7, 11) is 4.27. The number of fused-ring (bicyclic) bond motifs is 1. The van der Waals surface area contributed by atoms with Gasteiger partial charge in [0.2, 0.25) is 0 Å². The standard InChI is InChI=1S/C26H41N3/c1-26(2,3)23-13-14-24-22(19-23)18-21(12-9-15-27-16-17-29(4)5)25(28-24)20-10-7-6-8-11-20/h6-8,10,13-14,19-21,25,27-28H,9,11-12,15-18H2,1-5H3/t20?,21-,25+/m1/s1. The number of nitrogens with one attached hydrogen (secondary N) is 2. The number of hydrogen-bond donors (Lipinski definition) is 2. The number of hydrogen-bond acceptors (Lipinski definition) is 3. The summed E-state index contributed by atoms with van der Waals surface area (Å²) in [5.41, 5.74) is 4.51. The molecule has 1 aromatic carbocycles. The van der Waals surface area contributed by atoms with E-state index in [4.69, 9.17) is 0 Å². The van der Waals surface area contributed by atoms with Gasteiger partial charge in [-0.2, -0.15) is 0 Å². The lowest BCUT2D eigenvalue weighted by atomic mass is 9.75. The lowest BCUT2D eigenvalue weighted by Gasteiger charge is -2.39. The Morgan fingerprint density at radius 1 is 1.14 bits per heavy atom. The van der Waals surface area contributed by atoms with E-state index in [2.05, 4.69) is 92.9 Å². The monoisotopic (exact) mass is 395 g/mol. The molecule has 160 valence electrons. The van der Waals surface area contributed by atoms with E-state index >= 15 is 0 Å². The first kappa shape index (κ1) is 22.1. The molecular formula is C26H41N3. The molecule has 1 heterocycles. The van der Waals surface area contributed by atoms with E-state index in [-0.39, 0.29) is 5.41 Å². The zero-order valence-corrected chi connectivity index (χ0v) is 19.2. The highest BCUT2D eigenvalue weighted by Gasteiger charge is 2.33. The molecular weight excluding hydrogens is 354 g/mol. The van der Waals surface area contributed by atoms with Gasteiger partial charge in [0.15, 0.2) is 0 Å². The van der Waals surface area contributed by atoms with Crippen LogP contribution in [0.3, 0.4) is 0 Å². The van der Waals surface area contributed by atoms with E-state index in [9.17, 15) is 0 Å². The maximum atomic E-state index is 3.95. The average Bonchev–Trinajstić information content (AvgIpc) is 2.69. The predicted octanol–water partition coefficient (Wildman–Crippen LogP) is 5.00. The number of anilines is 1. The van der Waals surface area contributed by atoms with Gasteiger partial charge in [0.05, 0.1) is 0 Å². The molecule has 0 bridgehead atoms. The second kappa shape index (κ2) is 9.95. The van der Waals surface area contributed by atoms with E-state index in [0.717, 1.165) is 26.1 Å². The summed E-state index contributed by atoms with van der Waals surface area (Å²) in [6.07, 6.45) is 14.0. The van der Waals surface area contributed by atoms with Crippen molar-refractivity contribution in [1.82, 2.24) is 10.2 Å². The molecule has 0 fully saturated rings. The summed E-state index contributed by atoms with van der Waals surface area (Å²) >= 11 is 0. The van der Waals surface area contributed by atoms with E-state index in [1.807, 2.05) is 0 Å². The van der Waals surface area contributed by atoms with E-state index in [1.54, 1.807) is 0 Å². The summed E-state index contributed by atoms with van der Waals surface area (Å²) in [6.45, 7) is 10.2. The van der Waals surface area contributed by atoms with Crippen molar-refractivity contribution in [1.29, 1.82) is 0 Å². The molecule has 2 N–H and O–H groups in total. The molecule has 1 aromatic rings. The van der Waals surface area contributed by atoms with Crippen LogP contribution in [-0.2, 0) is 11.8 Å². The van der Waals surface area contributed by atoms with Crippen LogP contribution in [-0.4, -0.2) is 44.7 Å². The van der Waals surface area contributed by atoms with Gasteiger partial charge >= 0.3 is 0 Å². The van der Waals surface area contributed by atoms with Crippen molar-refractivity contribution in [3.05, 3.63) is 53.6 Å². The van der Waals surface area contributed by atoms with Gasteiger partial charge < -0.3 is 15.5 Å². The second-order valence-corrected chi connectivity index (χ2v) is 10.2. The van der Waals surface area contributed by atoms with E-state index in [0.29, 0.717) is 17.9 Å². The van der Waals surface area contributed by atoms with Crippen LogP contribution in [0.5, 0.6) is 0 Å². The second-order valence-electron chi connectivity index (χ2n) is 10.2. The minimum absolute atomic E-state index is 0.203. The minimum atomic E-state index is 0.203. The Kier molecular flexibility index (Phi) is 7.59. The Hall–Kier alpha value is -1.58. The van der Waals surface area contributed by atoms with Crippen LogP contribution in [0.2, 0.25) is 0 Å². The van der Waals surface area contributed by atoms with Gasteiger partial charge in [0, 0.05) is 30.7 Å². The van der Waals surface area contributed by atoms with Gasteiger partial charge in [-0.15, -0.1) is 0 Å². The van der Waals surface area contributed by atoms with Gasteiger partial charge in [-0.3, -0.25) is 0 Å². The van der Waals surface area contributed by atoms with Crippen molar-refractivity contribution in [2.45, 2.75) is 57.9 Å². The summed E-state index contributed by atoms with van der Waals surface area (Å²) in [5.74, 6) is 1.29. The molecule has 1 unspecified atom stereocenters. The van der Waals surface area contributed by atoms with E-state index in [1.165, 1.54) is 36.1 Å². The first-order chi connectivity index (χ1) is 13.8. The van der Waals surface area contributed by atoms with Gasteiger partial charge in [0.1, 0.15) is 0 Å².